The van der Waals surface area contributed by atoms with E-state index in [0.717, 1.165) is 0 Å². The minimum absolute atomic E-state index is 0.150. The number of hydrogen-bond donors (Lipinski definition) is 1. The molecule has 0 saturated carbocycles. The molecule has 2 heterocycles. The number of ether oxygens (including phenoxy) is 2. The van der Waals surface area contributed by atoms with E-state index in [2.05, 4.69) is 0 Å². The molecule has 0 radical (unpaired) electrons. The predicted octanol–water partition coefficient (Wildman–Crippen LogP) is 0.213. The molecule has 19 heavy (non-hydrogen) atoms. The topological polar surface area (TPSA) is 76.1 Å². The summed E-state index contributed by atoms with van der Waals surface area (Å²) in [7, 11) is -3.57. The van der Waals surface area contributed by atoms with Crippen LogP contribution in [0.2, 0.25) is 0 Å². The summed E-state index contributed by atoms with van der Waals surface area (Å²) in [6.45, 7) is 1.38. The van der Waals surface area contributed by atoms with Crippen LogP contribution in [0, 0.1) is 0 Å². The molecule has 104 valence electrons. The van der Waals surface area contributed by atoms with Crippen LogP contribution in [-0.4, -0.2) is 50.2 Å². The smallest absolute Gasteiger partial charge is 0.243 e. The standard InChI is InChI=1S/C12H15NO5S/c14-9-3-4-13(8-9)19(15,16)10-1-2-11-12(7-10)18-6-5-17-11/h1-2,7,9,14H,3-6,8H2/t9-/m1/s1. The van der Waals surface area contributed by atoms with Gasteiger partial charge in [0.1, 0.15) is 13.2 Å². The van der Waals surface area contributed by atoms with Crippen LogP contribution in [0.15, 0.2) is 23.1 Å². The molecule has 2 aliphatic rings. The quantitative estimate of drug-likeness (QED) is 0.841. The number of benzene rings is 1. The fraction of sp³-hybridized carbons (Fsp3) is 0.500. The normalized spacial score (nSPS) is 23.5. The van der Waals surface area contributed by atoms with Gasteiger partial charge in [0.25, 0.3) is 0 Å². The molecule has 2 aliphatic heterocycles. The third-order valence-electron chi connectivity index (χ3n) is 3.28. The van der Waals surface area contributed by atoms with Gasteiger partial charge in [-0.3, -0.25) is 0 Å². The van der Waals surface area contributed by atoms with Gasteiger partial charge in [-0.2, -0.15) is 4.31 Å². The molecule has 0 aromatic heterocycles. The molecule has 7 heteroatoms. The number of aliphatic hydroxyl groups is 1. The fourth-order valence-corrected chi connectivity index (χ4v) is 3.77. The van der Waals surface area contributed by atoms with Crippen LogP contribution in [0.4, 0.5) is 0 Å². The molecule has 0 bridgehead atoms. The van der Waals surface area contributed by atoms with Crippen LogP contribution >= 0.6 is 0 Å². The number of hydrogen-bond acceptors (Lipinski definition) is 5. The Kier molecular flexibility index (Phi) is 3.12. The highest BCUT2D eigenvalue weighted by Crippen LogP contribution is 2.33. The maximum Gasteiger partial charge on any atom is 0.243 e. The predicted molar refractivity (Wildman–Crippen MR) is 66.8 cm³/mol. The third kappa shape index (κ3) is 2.29. The second-order valence-corrected chi connectivity index (χ2v) is 6.55. The van der Waals surface area contributed by atoms with Crippen molar-refractivity contribution in [2.45, 2.75) is 17.4 Å². The molecular formula is C12H15NO5S. The van der Waals surface area contributed by atoms with Crippen molar-refractivity contribution in [2.24, 2.45) is 0 Å². The SMILES string of the molecule is O=S(=O)(c1ccc2c(c1)OCCO2)N1CC[C@@H](O)C1. The van der Waals surface area contributed by atoms with Crippen LogP contribution in [0.3, 0.4) is 0 Å². The summed E-state index contributed by atoms with van der Waals surface area (Å²) in [4.78, 5) is 0.172. The lowest BCUT2D eigenvalue weighted by atomic mass is 10.3. The molecule has 6 nitrogen and oxygen atoms in total. The summed E-state index contributed by atoms with van der Waals surface area (Å²) >= 11 is 0. The van der Waals surface area contributed by atoms with Crippen LogP contribution in [0.5, 0.6) is 11.5 Å². The highest BCUT2D eigenvalue weighted by molar-refractivity contribution is 7.89. The molecular weight excluding hydrogens is 270 g/mol. The highest BCUT2D eigenvalue weighted by atomic mass is 32.2. The molecule has 1 N–H and O–H groups in total. The maximum atomic E-state index is 12.4. The van der Waals surface area contributed by atoms with E-state index in [1.165, 1.54) is 16.4 Å². The number of rotatable bonds is 2. The Hall–Kier alpha value is -1.31. The Balaban J connectivity index is 1.93. The summed E-state index contributed by atoms with van der Waals surface area (Å²) < 4.78 is 36.8. The van der Waals surface area contributed by atoms with E-state index < -0.39 is 16.1 Å². The molecule has 0 spiro atoms. The average Bonchev–Trinajstić information content (AvgIpc) is 2.85. The Morgan fingerprint density at radius 2 is 1.95 bits per heavy atom. The molecule has 1 saturated heterocycles. The lowest BCUT2D eigenvalue weighted by molar-refractivity contribution is 0.171. The van der Waals surface area contributed by atoms with Crippen molar-refractivity contribution < 1.29 is 23.0 Å². The molecule has 1 atom stereocenters. The number of sulfonamides is 1. The van der Waals surface area contributed by atoms with E-state index in [4.69, 9.17) is 9.47 Å². The second kappa shape index (κ2) is 4.66. The molecule has 3 rings (SSSR count). The molecule has 1 aromatic carbocycles. The first-order valence-corrected chi connectivity index (χ1v) is 7.59. The monoisotopic (exact) mass is 285 g/mol. The van der Waals surface area contributed by atoms with Gasteiger partial charge in [-0.15, -0.1) is 0 Å². The summed E-state index contributed by atoms with van der Waals surface area (Å²) in [5, 5.41) is 9.45. The molecule has 0 aliphatic carbocycles. The number of β-amino-alcohol motifs (C(OH)–C–C–N with tert-alkyl or cyclic N) is 1. The zero-order valence-electron chi connectivity index (χ0n) is 10.3. The van der Waals surface area contributed by atoms with Gasteiger partial charge >= 0.3 is 0 Å². The van der Waals surface area contributed by atoms with E-state index in [1.807, 2.05) is 0 Å². The van der Waals surface area contributed by atoms with Crippen LogP contribution in [0.25, 0.3) is 0 Å². The van der Waals surface area contributed by atoms with Gasteiger partial charge in [-0.25, -0.2) is 8.42 Å². The minimum atomic E-state index is -3.57. The maximum absolute atomic E-state index is 12.4. The summed E-state index contributed by atoms with van der Waals surface area (Å²) in [6, 6.07) is 4.59. The van der Waals surface area contributed by atoms with Gasteiger partial charge in [-0.1, -0.05) is 0 Å². The van der Waals surface area contributed by atoms with Crippen molar-refractivity contribution in [3.05, 3.63) is 18.2 Å². The second-order valence-electron chi connectivity index (χ2n) is 4.61. The summed E-state index contributed by atoms with van der Waals surface area (Å²) in [5.74, 6) is 1.01. The van der Waals surface area contributed by atoms with E-state index in [-0.39, 0.29) is 11.4 Å². The first-order chi connectivity index (χ1) is 9.07. The van der Waals surface area contributed by atoms with Crippen LogP contribution < -0.4 is 9.47 Å². The lowest BCUT2D eigenvalue weighted by Gasteiger charge is -2.20. The van der Waals surface area contributed by atoms with Crippen molar-refractivity contribution in [1.29, 1.82) is 0 Å². The Morgan fingerprint density at radius 1 is 1.21 bits per heavy atom. The van der Waals surface area contributed by atoms with E-state index in [1.54, 1.807) is 6.07 Å². The molecule has 1 fully saturated rings. The van der Waals surface area contributed by atoms with Crippen molar-refractivity contribution in [3.63, 3.8) is 0 Å². The Bertz CT molecular complexity index is 586. The Labute approximate surface area is 111 Å². The molecule has 0 unspecified atom stereocenters. The summed E-state index contributed by atoms with van der Waals surface area (Å²) in [5.41, 5.74) is 0. The number of fused-ring (bicyclic) bond motifs is 1. The van der Waals surface area contributed by atoms with Gasteiger partial charge in [0.2, 0.25) is 10.0 Å². The first kappa shape index (κ1) is 12.7. The molecule has 1 aromatic rings. The van der Waals surface area contributed by atoms with Crippen LogP contribution in [0.1, 0.15) is 6.42 Å². The number of aliphatic hydroxyl groups excluding tert-OH is 1. The summed E-state index contributed by atoms with van der Waals surface area (Å²) in [6.07, 6.45) is -0.101. The third-order valence-corrected chi connectivity index (χ3v) is 5.14. The highest BCUT2D eigenvalue weighted by Gasteiger charge is 2.32. The van der Waals surface area contributed by atoms with Gasteiger partial charge in [-0.05, 0) is 18.6 Å². The van der Waals surface area contributed by atoms with Crippen molar-refractivity contribution >= 4 is 10.0 Å². The van der Waals surface area contributed by atoms with E-state index in [0.29, 0.717) is 37.7 Å². The van der Waals surface area contributed by atoms with Crippen LogP contribution in [-0.2, 0) is 10.0 Å². The van der Waals surface area contributed by atoms with Gasteiger partial charge < -0.3 is 14.6 Å². The average molecular weight is 285 g/mol. The van der Waals surface area contributed by atoms with E-state index >= 15 is 0 Å². The van der Waals surface area contributed by atoms with E-state index in [9.17, 15) is 13.5 Å². The Morgan fingerprint density at radius 3 is 2.63 bits per heavy atom. The van der Waals surface area contributed by atoms with Crippen molar-refractivity contribution in [2.75, 3.05) is 26.3 Å². The zero-order valence-corrected chi connectivity index (χ0v) is 11.1. The van der Waals surface area contributed by atoms with Crippen molar-refractivity contribution in [3.8, 4) is 11.5 Å². The van der Waals surface area contributed by atoms with Gasteiger partial charge in [0.15, 0.2) is 11.5 Å². The zero-order chi connectivity index (χ0) is 13.5. The fourth-order valence-electron chi connectivity index (χ4n) is 2.26. The van der Waals surface area contributed by atoms with Gasteiger partial charge in [0.05, 0.1) is 11.0 Å². The lowest BCUT2D eigenvalue weighted by Crippen LogP contribution is -2.29. The minimum Gasteiger partial charge on any atom is -0.486 e. The first-order valence-electron chi connectivity index (χ1n) is 6.15. The van der Waals surface area contributed by atoms with Crippen molar-refractivity contribution in [1.82, 2.24) is 4.31 Å². The molecule has 0 amide bonds. The van der Waals surface area contributed by atoms with Gasteiger partial charge in [0, 0.05) is 19.2 Å². The largest absolute Gasteiger partial charge is 0.486 e. The number of nitrogens with zero attached hydrogens (tertiary/aromatic N) is 1.